The molecule has 1 saturated carbocycles. The Balaban J connectivity index is 1.25. The Kier molecular flexibility index (Phi) is 6.84. The van der Waals surface area contributed by atoms with E-state index in [1.54, 1.807) is 0 Å². The van der Waals surface area contributed by atoms with Crippen LogP contribution in [0.4, 0.5) is 10.5 Å². The van der Waals surface area contributed by atoms with Crippen molar-refractivity contribution < 1.29 is 9.53 Å². The fourth-order valence-corrected chi connectivity index (χ4v) is 5.16. The highest BCUT2D eigenvalue weighted by molar-refractivity contribution is 5.68. The van der Waals surface area contributed by atoms with E-state index in [0.717, 1.165) is 58.9 Å². The lowest BCUT2D eigenvalue weighted by Crippen LogP contribution is -2.51. The third kappa shape index (κ3) is 5.27. The summed E-state index contributed by atoms with van der Waals surface area (Å²) < 4.78 is 5.92. The summed E-state index contributed by atoms with van der Waals surface area (Å²) in [5.41, 5.74) is 2.68. The van der Waals surface area contributed by atoms with E-state index >= 15 is 0 Å². The maximum absolute atomic E-state index is 12.8. The molecule has 6 nitrogen and oxygen atoms in total. The summed E-state index contributed by atoms with van der Waals surface area (Å²) in [6.45, 7) is 11.5. The van der Waals surface area contributed by atoms with Crippen molar-refractivity contribution in [3.8, 4) is 0 Å². The van der Waals surface area contributed by atoms with Crippen molar-refractivity contribution in [2.75, 3.05) is 77.5 Å². The van der Waals surface area contributed by atoms with Gasteiger partial charge in [-0.15, -0.1) is 0 Å². The molecule has 0 radical (unpaired) electrons. The number of hydrogen-bond donors (Lipinski definition) is 0. The van der Waals surface area contributed by atoms with Gasteiger partial charge in [0, 0.05) is 70.0 Å². The van der Waals surface area contributed by atoms with E-state index in [9.17, 15) is 4.79 Å². The third-order valence-electron chi connectivity index (χ3n) is 7.26. The minimum atomic E-state index is -0.122. The molecule has 0 aromatic heterocycles. The van der Waals surface area contributed by atoms with Gasteiger partial charge in [-0.05, 0) is 38.9 Å². The fourth-order valence-electron chi connectivity index (χ4n) is 5.16. The first kappa shape index (κ1) is 21.4. The fraction of sp³-hybridized carbons (Fsp3) is 0.708. The molecule has 2 aliphatic heterocycles. The minimum absolute atomic E-state index is 0.122. The Hall–Kier alpha value is -1.79. The lowest BCUT2D eigenvalue weighted by molar-refractivity contribution is 0.0262. The zero-order valence-corrected chi connectivity index (χ0v) is 18.8. The van der Waals surface area contributed by atoms with Crippen LogP contribution < -0.4 is 4.90 Å². The van der Waals surface area contributed by atoms with Crippen molar-refractivity contribution >= 4 is 11.8 Å². The Morgan fingerprint density at radius 2 is 1.57 bits per heavy atom. The SMILES string of the molecule is Cc1ccc(N2CCN(C(=O)OCC3(CN4CCN(C)CC4)CCCC3)CC2)cc1. The van der Waals surface area contributed by atoms with Crippen molar-refractivity contribution in [2.45, 2.75) is 32.6 Å². The first-order valence-electron chi connectivity index (χ1n) is 11.7. The summed E-state index contributed by atoms with van der Waals surface area (Å²) in [7, 11) is 2.20. The molecule has 3 aliphatic rings. The second-order valence-corrected chi connectivity index (χ2v) is 9.65. The monoisotopic (exact) mass is 414 g/mol. The molecule has 0 atom stereocenters. The van der Waals surface area contributed by atoms with Gasteiger partial charge in [-0.1, -0.05) is 30.5 Å². The van der Waals surface area contributed by atoms with Gasteiger partial charge in [0.25, 0.3) is 0 Å². The highest BCUT2D eigenvalue weighted by atomic mass is 16.6. The molecule has 2 saturated heterocycles. The van der Waals surface area contributed by atoms with Crippen molar-refractivity contribution in [2.24, 2.45) is 5.41 Å². The van der Waals surface area contributed by atoms with Gasteiger partial charge >= 0.3 is 6.09 Å². The highest BCUT2D eigenvalue weighted by Crippen LogP contribution is 2.39. The van der Waals surface area contributed by atoms with Crippen molar-refractivity contribution in [3.63, 3.8) is 0 Å². The topological polar surface area (TPSA) is 39.3 Å². The summed E-state index contributed by atoms with van der Waals surface area (Å²) in [5.74, 6) is 0. The zero-order valence-electron chi connectivity index (χ0n) is 18.8. The van der Waals surface area contributed by atoms with Crippen molar-refractivity contribution in [1.82, 2.24) is 14.7 Å². The lowest BCUT2D eigenvalue weighted by Gasteiger charge is -2.40. The van der Waals surface area contributed by atoms with Crippen LogP contribution in [0.2, 0.25) is 0 Å². The lowest BCUT2D eigenvalue weighted by atomic mass is 9.86. The van der Waals surface area contributed by atoms with Gasteiger partial charge in [-0.25, -0.2) is 4.79 Å². The van der Waals surface area contributed by atoms with Gasteiger partial charge in [0.2, 0.25) is 0 Å². The highest BCUT2D eigenvalue weighted by Gasteiger charge is 2.38. The predicted octanol–water partition coefficient (Wildman–Crippen LogP) is 3.06. The van der Waals surface area contributed by atoms with Crippen molar-refractivity contribution in [3.05, 3.63) is 29.8 Å². The van der Waals surface area contributed by atoms with E-state index in [-0.39, 0.29) is 11.5 Å². The Morgan fingerprint density at radius 1 is 0.933 bits per heavy atom. The second-order valence-electron chi connectivity index (χ2n) is 9.65. The second kappa shape index (κ2) is 9.56. The number of carbonyl (C=O) groups excluding carboxylic acids is 1. The third-order valence-corrected chi connectivity index (χ3v) is 7.26. The number of likely N-dealkylation sites (N-methyl/N-ethyl adjacent to an activating group) is 1. The number of ether oxygens (including phenoxy) is 1. The molecule has 1 amide bonds. The van der Waals surface area contributed by atoms with Gasteiger partial charge in [0.1, 0.15) is 6.61 Å². The molecule has 3 fully saturated rings. The Morgan fingerprint density at radius 3 is 2.20 bits per heavy atom. The summed E-state index contributed by atoms with van der Waals surface area (Å²) in [6.07, 6.45) is 4.78. The van der Waals surface area contributed by atoms with E-state index in [1.807, 2.05) is 4.90 Å². The molecule has 0 bridgehead atoms. The minimum Gasteiger partial charge on any atom is -0.449 e. The van der Waals surface area contributed by atoms with E-state index in [0.29, 0.717) is 6.61 Å². The number of anilines is 1. The molecule has 166 valence electrons. The quantitative estimate of drug-likeness (QED) is 0.741. The Labute approximate surface area is 181 Å². The predicted molar refractivity (Wildman–Crippen MR) is 121 cm³/mol. The van der Waals surface area contributed by atoms with E-state index < -0.39 is 0 Å². The number of nitrogens with zero attached hydrogens (tertiary/aromatic N) is 4. The number of hydrogen-bond acceptors (Lipinski definition) is 5. The molecule has 1 aromatic carbocycles. The van der Waals surface area contributed by atoms with Gasteiger partial charge in [0.05, 0.1) is 0 Å². The molecule has 4 rings (SSSR count). The van der Waals surface area contributed by atoms with E-state index in [4.69, 9.17) is 4.74 Å². The molecule has 0 N–H and O–H groups in total. The van der Waals surface area contributed by atoms with E-state index in [2.05, 4.69) is 52.9 Å². The first-order chi connectivity index (χ1) is 14.5. The maximum atomic E-state index is 12.8. The number of carbonyl (C=O) groups is 1. The summed E-state index contributed by atoms with van der Waals surface area (Å²) >= 11 is 0. The van der Waals surface area contributed by atoms with Gasteiger partial charge in [0.15, 0.2) is 0 Å². The first-order valence-corrected chi connectivity index (χ1v) is 11.7. The van der Waals surface area contributed by atoms with Gasteiger partial charge in [-0.3, -0.25) is 0 Å². The van der Waals surface area contributed by atoms with Crippen LogP contribution >= 0.6 is 0 Å². The average molecular weight is 415 g/mol. The standard InChI is InChI=1S/C24H38N4O2/c1-21-5-7-22(8-6-21)27-15-17-28(18-16-27)23(29)30-20-24(9-3-4-10-24)19-26-13-11-25(2)12-14-26/h5-8H,3-4,9-20H2,1-2H3. The van der Waals surface area contributed by atoms with Crippen LogP contribution in [0.5, 0.6) is 0 Å². The van der Waals surface area contributed by atoms with Crippen LogP contribution in [0.25, 0.3) is 0 Å². The summed E-state index contributed by atoms with van der Waals surface area (Å²) in [4.78, 5) is 22.0. The molecule has 0 spiro atoms. The zero-order chi connectivity index (χ0) is 21.0. The van der Waals surface area contributed by atoms with Crippen LogP contribution in [0, 0.1) is 12.3 Å². The van der Waals surface area contributed by atoms with Crippen LogP contribution in [0.1, 0.15) is 31.2 Å². The number of piperazine rings is 2. The number of rotatable bonds is 5. The number of amides is 1. The smallest absolute Gasteiger partial charge is 0.409 e. The largest absolute Gasteiger partial charge is 0.449 e. The van der Waals surface area contributed by atoms with Crippen LogP contribution in [0.15, 0.2) is 24.3 Å². The molecular formula is C24H38N4O2. The van der Waals surface area contributed by atoms with Gasteiger partial charge < -0.3 is 24.3 Å². The molecule has 6 heteroatoms. The molecule has 1 aliphatic carbocycles. The molecule has 0 unspecified atom stereocenters. The van der Waals surface area contributed by atoms with Crippen molar-refractivity contribution in [1.29, 1.82) is 0 Å². The Bertz CT molecular complexity index is 686. The summed E-state index contributed by atoms with van der Waals surface area (Å²) in [5, 5.41) is 0. The molecule has 30 heavy (non-hydrogen) atoms. The number of benzene rings is 1. The molecule has 1 aromatic rings. The average Bonchev–Trinajstić information content (AvgIpc) is 3.23. The normalized spacial score (nSPS) is 23.0. The molecular weight excluding hydrogens is 376 g/mol. The molecule has 2 heterocycles. The van der Waals surface area contributed by atoms with Crippen LogP contribution in [-0.2, 0) is 4.74 Å². The van der Waals surface area contributed by atoms with Gasteiger partial charge in [-0.2, -0.15) is 0 Å². The van der Waals surface area contributed by atoms with Crippen LogP contribution in [0.3, 0.4) is 0 Å². The maximum Gasteiger partial charge on any atom is 0.409 e. The van der Waals surface area contributed by atoms with E-state index in [1.165, 1.54) is 36.9 Å². The number of aryl methyl sites for hydroxylation is 1. The summed E-state index contributed by atoms with van der Waals surface area (Å²) in [6, 6.07) is 8.64. The van der Waals surface area contributed by atoms with Crippen LogP contribution in [-0.4, -0.2) is 93.4 Å².